The van der Waals surface area contributed by atoms with E-state index in [2.05, 4.69) is 13.8 Å². The SMILES string of the molecule is CC(O)C1CC(C)C(C)CC1=O. The van der Waals surface area contributed by atoms with Gasteiger partial charge in [-0.1, -0.05) is 13.8 Å². The molecule has 0 aliphatic heterocycles. The highest BCUT2D eigenvalue weighted by Gasteiger charge is 2.33. The summed E-state index contributed by atoms with van der Waals surface area (Å²) in [5.41, 5.74) is 0. The highest BCUT2D eigenvalue weighted by molar-refractivity contribution is 5.82. The average molecular weight is 170 g/mol. The van der Waals surface area contributed by atoms with Crippen molar-refractivity contribution in [3.8, 4) is 0 Å². The zero-order valence-corrected chi connectivity index (χ0v) is 8.08. The van der Waals surface area contributed by atoms with E-state index in [-0.39, 0.29) is 11.7 Å². The van der Waals surface area contributed by atoms with Crippen LogP contribution in [0.2, 0.25) is 0 Å². The van der Waals surface area contributed by atoms with Gasteiger partial charge in [0.15, 0.2) is 0 Å². The van der Waals surface area contributed by atoms with Crippen molar-refractivity contribution in [2.45, 2.75) is 39.7 Å². The summed E-state index contributed by atoms with van der Waals surface area (Å²) in [4.78, 5) is 11.4. The lowest BCUT2D eigenvalue weighted by molar-refractivity contribution is -0.130. The van der Waals surface area contributed by atoms with Crippen LogP contribution < -0.4 is 0 Å². The maximum atomic E-state index is 11.4. The fraction of sp³-hybridized carbons (Fsp3) is 0.900. The van der Waals surface area contributed by atoms with E-state index < -0.39 is 6.10 Å². The van der Waals surface area contributed by atoms with Gasteiger partial charge in [-0.25, -0.2) is 0 Å². The first-order valence-electron chi connectivity index (χ1n) is 4.73. The number of carbonyl (C=O) groups is 1. The van der Waals surface area contributed by atoms with Gasteiger partial charge in [0.25, 0.3) is 0 Å². The van der Waals surface area contributed by atoms with Crippen molar-refractivity contribution in [3.63, 3.8) is 0 Å². The number of hydrogen-bond donors (Lipinski definition) is 1. The second-order valence-electron chi connectivity index (χ2n) is 4.21. The molecule has 0 heterocycles. The van der Waals surface area contributed by atoms with E-state index in [1.807, 2.05) is 0 Å². The lowest BCUT2D eigenvalue weighted by Crippen LogP contribution is -2.35. The van der Waals surface area contributed by atoms with Crippen LogP contribution in [0.5, 0.6) is 0 Å². The molecule has 1 aliphatic carbocycles. The molecule has 1 fully saturated rings. The molecule has 1 aliphatic rings. The van der Waals surface area contributed by atoms with Gasteiger partial charge in [0, 0.05) is 12.3 Å². The number of ketones is 1. The summed E-state index contributed by atoms with van der Waals surface area (Å²) < 4.78 is 0. The normalized spacial score (nSPS) is 39.7. The smallest absolute Gasteiger partial charge is 0.138 e. The maximum absolute atomic E-state index is 11.4. The number of aliphatic hydroxyl groups excluding tert-OH is 1. The zero-order chi connectivity index (χ0) is 9.30. The van der Waals surface area contributed by atoms with E-state index in [0.29, 0.717) is 18.3 Å². The Morgan fingerprint density at radius 3 is 2.50 bits per heavy atom. The lowest BCUT2D eigenvalue weighted by atomic mass is 9.73. The Hall–Kier alpha value is -0.370. The Bertz CT molecular complexity index is 175. The van der Waals surface area contributed by atoms with Gasteiger partial charge in [0.05, 0.1) is 6.10 Å². The van der Waals surface area contributed by atoms with E-state index in [1.165, 1.54) is 0 Å². The summed E-state index contributed by atoms with van der Waals surface area (Å²) in [6.45, 7) is 5.98. The molecular formula is C10H18O2. The fourth-order valence-electron chi connectivity index (χ4n) is 1.90. The molecular weight excluding hydrogens is 152 g/mol. The molecule has 4 unspecified atom stereocenters. The first kappa shape index (κ1) is 9.72. The van der Waals surface area contributed by atoms with Crippen LogP contribution in [0.4, 0.5) is 0 Å². The Morgan fingerprint density at radius 2 is 2.00 bits per heavy atom. The van der Waals surface area contributed by atoms with Crippen LogP contribution in [0.3, 0.4) is 0 Å². The largest absolute Gasteiger partial charge is 0.393 e. The second-order valence-corrected chi connectivity index (χ2v) is 4.21. The third kappa shape index (κ3) is 1.86. The first-order chi connectivity index (χ1) is 5.52. The van der Waals surface area contributed by atoms with Gasteiger partial charge < -0.3 is 5.11 Å². The zero-order valence-electron chi connectivity index (χ0n) is 8.08. The topological polar surface area (TPSA) is 37.3 Å². The molecule has 0 aromatic heterocycles. The molecule has 0 bridgehead atoms. The standard InChI is InChI=1S/C10H18O2/c1-6-4-9(8(3)11)10(12)5-7(6)2/h6-9,11H,4-5H2,1-3H3. The molecule has 0 aromatic carbocycles. The van der Waals surface area contributed by atoms with Gasteiger partial charge in [0.2, 0.25) is 0 Å². The molecule has 1 N–H and O–H groups in total. The Labute approximate surface area is 74.0 Å². The number of rotatable bonds is 1. The van der Waals surface area contributed by atoms with E-state index in [1.54, 1.807) is 6.92 Å². The monoisotopic (exact) mass is 170 g/mol. The van der Waals surface area contributed by atoms with E-state index in [9.17, 15) is 9.90 Å². The minimum Gasteiger partial charge on any atom is -0.393 e. The van der Waals surface area contributed by atoms with Gasteiger partial charge in [-0.05, 0) is 25.2 Å². The summed E-state index contributed by atoms with van der Waals surface area (Å²) in [5.74, 6) is 1.21. The molecule has 70 valence electrons. The molecule has 12 heavy (non-hydrogen) atoms. The van der Waals surface area contributed by atoms with Crippen LogP contribution in [-0.4, -0.2) is 17.0 Å². The molecule has 2 heteroatoms. The molecule has 4 atom stereocenters. The van der Waals surface area contributed by atoms with Crippen molar-refractivity contribution < 1.29 is 9.90 Å². The van der Waals surface area contributed by atoms with Crippen molar-refractivity contribution in [3.05, 3.63) is 0 Å². The molecule has 1 rings (SSSR count). The third-order valence-corrected chi connectivity index (χ3v) is 3.12. The molecule has 0 saturated heterocycles. The van der Waals surface area contributed by atoms with Gasteiger partial charge >= 0.3 is 0 Å². The van der Waals surface area contributed by atoms with Gasteiger partial charge in [0.1, 0.15) is 5.78 Å². The predicted octanol–water partition coefficient (Wildman–Crippen LogP) is 1.62. The summed E-state index contributed by atoms with van der Waals surface area (Å²) in [6.07, 6.45) is 1.04. The van der Waals surface area contributed by atoms with Crippen molar-refractivity contribution in [1.29, 1.82) is 0 Å². The van der Waals surface area contributed by atoms with Crippen LogP contribution in [0, 0.1) is 17.8 Å². The van der Waals surface area contributed by atoms with Gasteiger partial charge in [-0.3, -0.25) is 4.79 Å². The minimum absolute atomic E-state index is 0.101. The molecule has 0 aromatic rings. The Morgan fingerprint density at radius 1 is 1.42 bits per heavy atom. The van der Waals surface area contributed by atoms with Crippen LogP contribution >= 0.6 is 0 Å². The highest BCUT2D eigenvalue weighted by Crippen LogP contribution is 2.32. The molecule has 0 amide bonds. The maximum Gasteiger partial charge on any atom is 0.138 e. The van der Waals surface area contributed by atoms with Gasteiger partial charge in [-0.15, -0.1) is 0 Å². The van der Waals surface area contributed by atoms with E-state index >= 15 is 0 Å². The van der Waals surface area contributed by atoms with Crippen molar-refractivity contribution in [2.24, 2.45) is 17.8 Å². The second kappa shape index (κ2) is 3.56. The summed E-state index contributed by atoms with van der Waals surface area (Å²) >= 11 is 0. The third-order valence-electron chi connectivity index (χ3n) is 3.12. The fourth-order valence-corrected chi connectivity index (χ4v) is 1.90. The van der Waals surface area contributed by atoms with Crippen LogP contribution in [0.1, 0.15) is 33.6 Å². The predicted molar refractivity (Wildman–Crippen MR) is 47.7 cm³/mol. The minimum atomic E-state index is -0.465. The first-order valence-corrected chi connectivity index (χ1v) is 4.73. The number of carbonyl (C=O) groups excluding carboxylic acids is 1. The van der Waals surface area contributed by atoms with Crippen LogP contribution in [0.15, 0.2) is 0 Å². The van der Waals surface area contributed by atoms with Crippen LogP contribution in [0.25, 0.3) is 0 Å². The summed E-state index contributed by atoms with van der Waals surface area (Å²) in [5, 5.41) is 9.33. The summed E-state index contributed by atoms with van der Waals surface area (Å²) in [7, 11) is 0. The van der Waals surface area contributed by atoms with Crippen molar-refractivity contribution in [1.82, 2.24) is 0 Å². The molecule has 0 spiro atoms. The van der Waals surface area contributed by atoms with Crippen molar-refractivity contribution in [2.75, 3.05) is 0 Å². The number of aliphatic hydroxyl groups is 1. The molecule has 2 nitrogen and oxygen atoms in total. The Balaban J connectivity index is 2.62. The van der Waals surface area contributed by atoms with E-state index in [4.69, 9.17) is 0 Å². The highest BCUT2D eigenvalue weighted by atomic mass is 16.3. The Kier molecular flexibility index (Phi) is 2.89. The van der Waals surface area contributed by atoms with Gasteiger partial charge in [-0.2, -0.15) is 0 Å². The van der Waals surface area contributed by atoms with Crippen molar-refractivity contribution >= 4 is 5.78 Å². The number of Topliss-reactive ketones (excluding diaryl/α,β-unsaturated/α-hetero) is 1. The molecule has 0 radical (unpaired) electrons. The number of hydrogen-bond acceptors (Lipinski definition) is 2. The van der Waals surface area contributed by atoms with E-state index in [0.717, 1.165) is 6.42 Å². The average Bonchev–Trinajstić information content (AvgIpc) is 1.96. The quantitative estimate of drug-likeness (QED) is 0.649. The molecule has 1 saturated carbocycles. The lowest BCUT2D eigenvalue weighted by Gasteiger charge is -2.32. The van der Waals surface area contributed by atoms with Crippen LogP contribution in [-0.2, 0) is 4.79 Å². The summed E-state index contributed by atoms with van der Waals surface area (Å²) in [6, 6.07) is 0.